The van der Waals surface area contributed by atoms with E-state index in [1.54, 1.807) is 29.1 Å². The number of fused-ring (bicyclic) bond motifs is 5. The van der Waals surface area contributed by atoms with Crippen molar-refractivity contribution in [1.82, 2.24) is 34.3 Å². The van der Waals surface area contributed by atoms with Gasteiger partial charge in [-0.3, -0.25) is 4.68 Å². The first-order chi connectivity index (χ1) is 13.3. The topological polar surface area (TPSA) is 64.1 Å². The van der Waals surface area contributed by atoms with Crippen LogP contribution in [0.5, 0.6) is 0 Å². The molecule has 5 rings (SSSR count). The van der Waals surface area contributed by atoms with Gasteiger partial charge in [0.1, 0.15) is 17.7 Å². The molecule has 1 aliphatic heterocycles. The van der Waals surface area contributed by atoms with Crippen LogP contribution in [-0.4, -0.2) is 47.9 Å². The Morgan fingerprint density at radius 2 is 2.07 bits per heavy atom. The molecule has 0 atom stereocenters. The standard InChI is InChI=1S/C17H16F3N7S/c1-9-5-12(17(18,19)20)23-26(9)7-13-22-15-14-10-3-4-25(2)6-11(10)28-16(14)21-8-27(15)24-13/h5,8H,3-4,6-7H2,1-2H3. The van der Waals surface area contributed by atoms with E-state index in [-0.39, 0.29) is 6.54 Å². The summed E-state index contributed by atoms with van der Waals surface area (Å²) in [6.07, 6.45) is -1.94. The Hall–Kier alpha value is -2.53. The minimum atomic E-state index is -4.47. The molecule has 11 heteroatoms. The van der Waals surface area contributed by atoms with Crippen molar-refractivity contribution in [3.8, 4) is 0 Å². The number of aryl methyl sites for hydroxylation is 1. The Labute approximate surface area is 161 Å². The molecular weight excluding hydrogens is 391 g/mol. The Morgan fingerprint density at radius 1 is 1.25 bits per heavy atom. The quantitative estimate of drug-likeness (QED) is 0.511. The van der Waals surface area contributed by atoms with Crippen LogP contribution in [0.15, 0.2) is 12.4 Å². The first-order valence-electron chi connectivity index (χ1n) is 8.74. The SMILES string of the molecule is Cc1cc(C(F)(F)F)nn1Cc1nc2c3c4c(sc3ncn2n1)CN(C)CC4. The van der Waals surface area contributed by atoms with Crippen molar-refractivity contribution in [3.05, 3.63) is 40.0 Å². The minimum absolute atomic E-state index is 0.0696. The molecule has 0 unspecified atom stereocenters. The Morgan fingerprint density at radius 3 is 2.82 bits per heavy atom. The minimum Gasteiger partial charge on any atom is -0.301 e. The molecule has 0 spiro atoms. The van der Waals surface area contributed by atoms with E-state index < -0.39 is 11.9 Å². The molecule has 0 bridgehead atoms. The molecule has 28 heavy (non-hydrogen) atoms. The third-order valence-corrected chi connectivity index (χ3v) is 6.10. The molecule has 5 heterocycles. The van der Waals surface area contributed by atoms with Crippen molar-refractivity contribution >= 4 is 27.2 Å². The van der Waals surface area contributed by atoms with Crippen molar-refractivity contribution in [3.63, 3.8) is 0 Å². The first-order valence-corrected chi connectivity index (χ1v) is 9.56. The maximum atomic E-state index is 12.9. The largest absolute Gasteiger partial charge is 0.435 e. The van der Waals surface area contributed by atoms with E-state index in [1.807, 2.05) is 0 Å². The molecule has 0 radical (unpaired) electrons. The van der Waals surface area contributed by atoms with Crippen LogP contribution < -0.4 is 0 Å². The van der Waals surface area contributed by atoms with Crippen molar-refractivity contribution in [2.75, 3.05) is 13.6 Å². The van der Waals surface area contributed by atoms with Gasteiger partial charge in [-0.1, -0.05) is 0 Å². The lowest BCUT2D eigenvalue weighted by molar-refractivity contribution is -0.141. The average molecular weight is 407 g/mol. The van der Waals surface area contributed by atoms with Crippen LogP contribution in [0.25, 0.3) is 15.9 Å². The van der Waals surface area contributed by atoms with Gasteiger partial charge in [0.25, 0.3) is 0 Å². The van der Waals surface area contributed by atoms with Gasteiger partial charge in [0.15, 0.2) is 17.2 Å². The highest BCUT2D eigenvalue weighted by Crippen LogP contribution is 2.35. The zero-order chi connectivity index (χ0) is 19.6. The molecule has 0 N–H and O–H groups in total. The van der Waals surface area contributed by atoms with Gasteiger partial charge < -0.3 is 4.90 Å². The zero-order valence-electron chi connectivity index (χ0n) is 15.2. The van der Waals surface area contributed by atoms with Gasteiger partial charge in [-0.15, -0.1) is 16.4 Å². The highest BCUT2D eigenvalue weighted by molar-refractivity contribution is 7.19. The van der Waals surface area contributed by atoms with Crippen LogP contribution in [0.1, 0.15) is 27.7 Å². The maximum Gasteiger partial charge on any atom is 0.435 e. The van der Waals surface area contributed by atoms with Crippen molar-refractivity contribution in [1.29, 1.82) is 0 Å². The van der Waals surface area contributed by atoms with Crippen molar-refractivity contribution in [2.45, 2.75) is 32.6 Å². The molecule has 0 saturated heterocycles. The summed E-state index contributed by atoms with van der Waals surface area (Å²) >= 11 is 1.66. The van der Waals surface area contributed by atoms with Crippen LogP contribution in [0.4, 0.5) is 13.2 Å². The normalized spacial score (nSPS) is 15.6. The third kappa shape index (κ3) is 2.76. The number of likely N-dealkylation sites (N-methyl/N-ethyl adjacent to an activating group) is 1. The van der Waals surface area contributed by atoms with Gasteiger partial charge in [0, 0.05) is 23.7 Å². The smallest absolute Gasteiger partial charge is 0.301 e. The third-order valence-electron chi connectivity index (χ3n) is 4.98. The van der Waals surface area contributed by atoms with E-state index in [2.05, 4.69) is 32.1 Å². The van der Waals surface area contributed by atoms with Crippen LogP contribution in [-0.2, 0) is 25.7 Å². The maximum absolute atomic E-state index is 12.9. The molecule has 0 saturated carbocycles. The number of alkyl halides is 3. The van der Waals surface area contributed by atoms with E-state index in [4.69, 9.17) is 0 Å². The van der Waals surface area contributed by atoms with Crippen molar-refractivity contribution < 1.29 is 13.2 Å². The predicted octanol–water partition coefficient (Wildman–Crippen LogP) is 2.90. The van der Waals surface area contributed by atoms with E-state index >= 15 is 0 Å². The van der Waals surface area contributed by atoms with Crippen LogP contribution in [0.3, 0.4) is 0 Å². The summed E-state index contributed by atoms with van der Waals surface area (Å²) in [6, 6.07) is 1.03. The lowest BCUT2D eigenvalue weighted by Crippen LogP contribution is -2.25. The Kier molecular flexibility index (Phi) is 3.75. The predicted molar refractivity (Wildman–Crippen MR) is 97.3 cm³/mol. The number of rotatable bonds is 2. The lowest BCUT2D eigenvalue weighted by atomic mass is 10.1. The summed E-state index contributed by atoms with van der Waals surface area (Å²) in [5.41, 5.74) is 1.45. The molecule has 0 fully saturated rings. The van der Waals surface area contributed by atoms with E-state index in [0.29, 0.717) is 17.2 Å². The Balaban J connectivity index is 1.57. The average Bonchev–Trinajstić information content (AvgIpc) is 3.28. The zero-order valence-corrected chi connectivity index (χ0v) is 16.0. The molecule has 4 aromatic heterocycles. The number of halogens is 3. The van der Waals surface area contributed by atoms with Gasteiger partial charge in [0.2, 0.25) is 0 Å². The number of nitrogens with zero attached hydrogens (tertiary/aromatic N) is 7. The molecule has 7 nitrogen and oxygen atoms in total. The second kappa shape index (κ2) is 5.98. The van der Waals surface area contributed by atoms with E-state index in [0.717, 1.165) is 35.8 Å². The van der Waals surface area contributed by atoms with E-state index in [9.17, 15) is 13.2 Å². The number of hydrogen-bond donors (Lipinski definition) is 0. The van der Waals surface area contributed by atoms with E-state index in [1.165, 1.54) is 15.1 Å². The fourth-order valence-electron chi connectivity index (χ4n) is 3.57. The van der Waals surface area contributed by atoms with Crippen LogP contribution >= 0.6 is 11.3 Å². The molecule has 146 valence electrons. The molecule has 1 aliphatic rings. The van der Waals surface area contributed by atoms with Gasteiger partial charge >= 0.3 is 6.18 Å². The summed E-state index contributed by atoms with van der Waals surface area (Å²) < 4.78 is 41.6. The second-order valence-corrected chi connectivity index (χ2v) is 8.12. The van der Waals surface area contributed by atoms with Crippen molar-refractivity contribution in [2.24, 2.45) is 0 Å². The van der Waals surface area contributed by atoms with Gasteiger partial charge in [-0.05, 0) is 32.0 Å². The summed E-state index contributed by atoms with van der Waals surface area (Å²) in [7, 11) is 2.09. The van der Waals surface area contributed by atoms with Gasteiger partial charge in [-0.2, -0.15) is 18.3 Å². The van der Waals surface area contributed by atoms with Gasteiger partial charge in [0.05, 0.1) is 5.39 Å². The molecule has 4 aromatic rings. The van der Waals surface area contributed by atoms with Crippen LogP contribution in [0, 0.1) is 6.92 Å². The molecule has 0 aliphatic carbocycles. The fraction of sp³-hybridized carbons (Fsp3) is 0.412. The number of aromatic nitrogens is 6. The summed E-state index contributed by atoms with van der Waals surface area (Å²) in [6.45, 7) is 3.51. The van der Waals surface area contributed by atoms with Gasteiger partial charge in [-0.25, -0.2) is 14.5 Å². The number of hydrogen-bond acceptors (Lipinski definition) is 6. The highest BCUT2D eigenvalue weighted by atomic mass is 32.1. The Bertz CT molecular complexity index is 1200. The molecule has 0 aromatic carbocycles. The summed E-state index contributed by atoms with van der Waals surface area (Å²) in [5.74, 6) is 0.405. The van der Waals surface area contributed by atoms with Crippen LogP contribution in [0.2, 0.25) is 0 Å². The number of thiophene rings is 1. The second-order valence-electron chi connectivity index (χ2n) is 7.04. The first kappa shape index (κ1) is 17.6. The highest BCUT2D eigenvalue weighted by Gasteiger charge is 2.34. The fourth-order valence-corrected chi connectivity index (χ4v) is 4.84. The lowest BCUT2D eigenvalue weighted by Gasteiger charge is -2.21. The summed E-state index contributed by atoms with van der Waals surface area (Å²) in [5, 5.41) is 9.07. The molecule has 0 amide bonds. The summed E-state index contributed by atoms with van der Waals surface area (Å²) in [4.78, 5) is 13.6. The molecular formula is C17H16F3N7S. The monoisotopic (exact) mass is 407 g/mol.